The molecule has 1 unspecified atom stereocenters. The van der Waals surface area contributed by atoms with Crippen LogP contribution in [0.15, 0.2) is 55.4 Å². The second-order valence-corrected chi connectivity index (χ2v) is 8.38. The number of aromatic nitrogens is 10. The Morgan fingerprint density at radius 2 is 1.79 bits per heavy atom. The van der Waals surface area contributed by atoms with Gasteiger partial charge in [-0.2, -0.15) is 32.0 Å². The molecule has 0 aliphatic heterocycles. The van der Waals surface area contributed by atoms with E-state index in [0.717, 1.165) is 6.20 Å². The van der Waals surface area contributed by atoms with Gasteiger partial charge in [-0.25, -0.2) is 4.39 Å². The molecule has 4 aromatic heterocycles. The first kappa shape index (κ1) is 26.3. The summed E-state index contributed by atoms with van der Waals surface area (Å²) in [6, 6.07) is 5.28. The predicted molar refractivity (Wildman–Crippen MR) is 125 cm³/mol. The van der Waals surface area contributed by atoms with E-state index in [-0.39, 0.29) is 34.9 Å². The molecule has 5 rings (SSSR count). The number of rotatable bonds is 10. The number of halogens is 6. The summed E-state index contributed by atoms with van der Waals surface area (Å²) in [4.78, 5) is 4.42. The third-order valence-electron chi connectivity index (χ3n) is 5.70. The molecule has 0 bridgehead atoms. The second-order valence-electron chi connectivity index (χ2n) is 7.97. The van der Waals surface area contributed by atoms with Crippen LogP contribution in [-0.4, -0.2) is 63.2 Å². The van der Waals surface area contributed by atoms with Crippen molar-refractivity contribution in [1.82, 2.24) is 50.0 Å². The normalized spacial score (nSPS) is 12.5. The van der Waals surface area contributed by atoms with Gasteiger partial charge in [-0.3, -0.25) is 9.67 Å². The van der Waals surface area contributed by atoms with Gasteiger partial charge in [0.1, 0.15) is 6.33 Å². The van der Waals surface area contributed by atoms with Gasteiger partial charge in [-0.15, -0.1) is 10.2 Å². The van der Waals surface area contributed by atoms with E-state index in [4.69, 9.17) is 11.6 Å². The van der Waals surface area contributed by atoms with Gasteiger partial charge in [-0.05, 0) is 35.0 Å². The lowest BCUT2D eigenvalue weighted by Crippen LogP contribution is -2.16. The number of alkyl halides is 4. The van der Waals surface area contributed by atoms with Crippen molar-refractivity contribution in [3.63, 3.8) is 0 Å². The van der Waals surface area contributed by atoms with Crippen molar-refractivity contribution in [2.75, 3.05) is 6.61 Å². The van der Waals surface area contributed by atoms with Gasteiger partial charge < -0.3 is 4.74 Å². The minimum Gasteiger partial charge on any atom is -0.323 e. The monoisotopic (exact) mass is 566 g/mol. The average molecular weight is 567 g/mol. The fraction of sp³-hybridized carbons (Fsp3) is 0.227. The van der Waals surface area contributed by atoms with Crippen LogP contribution in [0.4, 0.5) is 22.0 Å². The fourth-order valence-corrected chi connectivity index (χ4v) is 4.11. The van der Waals surface area contributed by atoms with E-state index in [1.807, 2.05) is 0 Å². The summed E-state index contributed by atoms with van der Waals surface area (Å²) in [6.07, 6.45) is 6.57. The molecule has 0 radical (unpaired) electrons. The van der Waals surface area contributed by atoms with Crippen LogP contribution in [0.25, 0.3) is 28.1 Å². The van der Waals surface area contributed by atoms with Crippen LogP contribution in [-0.2, 0) is 4.74 Å². The van der Waals surface area contributed by atoms with E-state index in [1.165, 1.54) is 40.3 Å². The number of hydrogen-bond donors (Lipinski definition) is 0. The smallest absolute Gasteiger partial charge is 0.323 e. The molecule has 0 amide bonds. The Morgan fingerprint density at radius 3 is 2.49 bits per heavy atom. The SMILES string of the molecule is Fc1c(Cl)ccc(-n2cnnn2)c1-c1ccc(C(CCOC(F)F)n2cc(-c3cnnn3C(F)F)cn2)nc1. The lowest BCUT2D eigenvalue weighted by atomic mass is 10.0. The molecule has 0 saturated carbocycles. The van der Waals surface area contributed by atoms with Crippen molar-refractivity contribution < 1.29 is 26.7 Å². The number of tetrazole rings is 1. The van der Waals surface area contributed by atoms with Gasteiger partial charge in [0.15, 0.2) is 5.82 Å². The molecule has 11 nitrogen and oxygen atoms in total. The molecule has 0 fully saturated rings. The lowest BCUT2D eigenvalue weighted by molar-refractivity contribution is -0.130. The summed E-state index contributed by atoms with van der Waals surface area (Å²) in [5.41, 5.74) is 1.36. The molecule has 0 spiro atoms. The van der Waals surface area contributed by atoms with Crippen LogP contribution in [0.2, 0.25) is 5.02 Å². The number of benzene rings is 1. The predicted octanol–water partition coefficient (Wildman–Crippen LogP) is 4.59. The molecule has 39 heavy (non-hydrogen) atoms. The highest BCUT2D eigenvalue weighted by atomic mass is 35.5. The molecule has 1 atom stereocenters. The lowest BCUT2D eigenvalue weighted by Gasteiger charge is -2.18. The standard InChI is InChI=1S/C22H16ClF5N10O/c23-14-2-4-17(37-11-31-33-35-37)19(20(14)24)12-1-3-15(29-7-12)16(5-6-39-22(27)28)36-10-13(8-32-36)18-9-30-34-38(18)21(25)26/h1-4,7-11,16,21-22H,5-6H2. The molecular weight excluding hydrogens is 551 g/mol. The third-order valence-corrected chi connectivity index (χ3v) is 5.99. The highest BCUT2D eigenvalue weighted by molar-refractivity contribution is 6.31. The Bertz CT molecular complexity index is 1540. The summed E-state index contributed by atoms with van der Waals surface area (Å²) in [5.74, 6) is -0.720. The zero-order chi connectivity index (χ0) is 27.5. The minimum atomic E-state index is -2.99. The molecule has 202 valence electrons. The fourth-order valence-electron chi connectivity index (χ4n) is 3.95. The Balaban J connectivity index is 1.50. The minimum absolute atomic E-state index is 0.00552. The van der Waals surface area contributed by atoms with Crippen LogP contribution in [0.3, 0.4) is 0 Å². The molecule has 1 aromatic carbocycles. The van der Waals surface area contributed by atoms with E-state index >= 15 is 4.39 Å². The van der Waals surface area contributed by atoms with Crippen molar-refractivity contribution in [2.45, 2.75) is 25.6 Å². The topological polar surface area (TPSA) is 114 Å². The number of hydrogen-bond acceptors (Lipinski definition) is 8. The highest BCUT2D eigenvalue weighted by Crippen LogP contribution is 2.34. The first-order valence-corrected chi connectivity index (χ1v) is 11.5. The molecule has 0 aliphatic carbocycles. The number of ether oxygens (including phenoxy) is 1. The largest absolute Gasteiger partial charge is 0.345 e. The summed E-state index contributed by atoms with van der Waals surface area (Å²) in [7, 11) is 0. The third kappa shape index (κ3) is 5.46. The number of nitrogens with zero attached hydrogens (tertiary/aromatic N) is 10. The molecular formula is C22H16ClF5N10O. The average Bonchev–Trinajstić information content (AvgIpc) is 3.70. The zero-order valence-corrected chi connectivity index (χ0v) is 20.2. The van der Waals surface area contributed by atoms with Crippen LogP contribution < -0.4 is 0 Å². The van der Waals surface area contributed by atoms with Crippen molar-refractivity contribution in [1.29, 1.82) is 0 Å². The first-order valence-electron chi connectivity index (χ1n) is 11.1. The maximum atomic E-state index is 15.1. The Hall–Kier alpha value is -4.31. The van der Waals surface area contributed by atoms with Gasteiger partial charge in [0.2, 0.25) is 0 Å². The molecule has 4 heterocycles. The molecule has 0 saturated heterocycles. The van der Waals surface area contributed by atoms with Gasteiger partial charge in [-0.1, -0.05) is 22.9 Å². The molecule has 0 aliphatic rings. The van der Waals surface area contributed by atoms with Crippen molar-refractivity contribution in [3.8, 4) is 28.1 Å². The highest BCUT2D eigenvalue weighted by Gasteiger charge is 2.22. The Labute approximate surface area is 220 Å². The van der Waals surface area contributed by atoms with E-state index < -0.39 is 25.0 Å². The zero-order valence-electron chi connectivity index (χ0n) is 19.5. The molecule has 17 heteroatoms. The Kier molecular flexibility index (Phi) is 7.56. The van der Waals surface area contributed by atoms with Gasteiger partial charge in [0, 0.05) is 29.1 Å². The van der Waals surface area contributed by atoms with Crippen LogP contribution >= 0.6 is 11.6 Å². The van der Waals surface area contributed by atoms with Crippen molar-refractivity contribution >= 4 is 11.6 Å². The summed E-state index contributed by atoms with van der Waals surface area (Å²) < 4.78 is 74.4. The summed E-state index contributed by atoms with van der Waals surface area (Å²) >= 11 is 6.02. The van der Waals surface area contributed by atoms with Crippen molar-refractivity contribution in [2.24, 2.45) is 0 Å². The van der Waals surface area contributed by atoms with Gasteiger partial charge in [0.25, 0.3) is 0 Å². The van der Waals surface area contributed by atoms with Crippen molar-refractivity contribution in [3.05, 3.63) is 71.9 Å². The van der Waals surface area contributed by atoms with Gasteiger partial charge >= 0.3 is 13.2 Å². The molecule has 5 aromatic rings. The van der Waals surface area contributed by atoms with E-state index in [1.54, 1.807) is 18.2 Å². The quantitative estimate of drug-likeness (QED) is 0.226. The van der Waals surface area contributed by atoms with E-state index in [9.17, 15) is 17.6 Å². The maximum Gasteiger partial charge on any atom is 0.345 e. The number of pyridine rings is 1. The van der Waals surface area contributed by atoms with E-state index in [0.29, 0.717) is 21.6 Å². The maximum absolute atomic E-state index is 15.1. The van der Waals surface area contributed by atoms with E-state index in [2.05, 4.69) is 40.7 Å². The van der Waals surface area contributed by atoms with Crippen LogP contribution in [0.1, 0.15) is 24.7 Å². The van der Waals surface area contributed by atoms with Crippen LogP contribution in [0.5, 0.6) is 0 Å². The Morgan fingerprint density at radius 1 is 0.949 bits per heavy atom. The van der Waals surface area contributed by atoms with Gasteiger partial charge in [0.05, 0.1) is 47.1 Å². The summed E-state index contributed by atoms with van der Waals surface area (Å²) in [5, 5.41) is 21.9. The summed E-state index contributed by atoms with van der Waals surface area (Å²) in [6.45, 7) is -6.28. The van der Waals surface area contributed by atoms with Crippen LogP contribution in [0, 0.1) is 5.82 Å². The second kappa shape index (κ2) is 11.2. The molecule has 0 N–H and O–H groups in total. The first-order chi connectivity index (χ1) is 18.8.